The lowest BCUT2D eigenvalue weighted by molar-refractivity contribution is -0.132. The summed E-state index contributed by atoms with van der Waals surface area (Å²) in [5.74, 6) is 0.734. The van der Waals surface area contributed by atoms with Crippen molar-refractivity contribution in [2.24, 2.45) is 7.05 Å². The van der Waals surface area contributed by atoms with Crippen molar-refractivity contribution >= 4 is 33.4 Å². The van der Waals surface area contributed by atoms with Gasteiger partial charge in [-0.05, 0) is 58.3 Å². The molecule has 2 heterocycles. The van der Waals surface area contributed by atoms with Gasteiger partial charge in [-0.1, -0.05) is 23.7 Å². The molecule has 1 aliphatic heterocycles. The highest BCUT2D eigenvalue weighted by Crippen LogP contribution is 2.29. The molecule has 0 aliphatic carbocycles. The molecule has 0 saturated carbocycles. The lowest BCUT2D eigenvalue weighted by Gasteiger charge is -2.31. The van der Waals surface area contributed by atoms with E-state index in [0.717, 1.165) is 36.0 Å². The van der Waals surface area contributed by atoms with Crippen LogP contribution in [0.3, 0.4) is 0 Å². The molecular formula is C18H21BrClN3O. The zero-order valence-electron chi connectivity index (χ0n) is 13.7. The third-order valence-electron chi connectivity index (χ3n) is 4.68. The number of carbonyl (C=O) groups excluding carboxylic acids is 1. The second kappa shape index (κ2) is 7.70. The summed E-state index contributed by atoms with van der Waals surface area (Å²) >= 11 is 9.70. The van der Waals surface area contributed by atoms with Crippen LogP contribution in [0.4, 0.5) is 0 Å². The summed E-state index contributed by atoms with van der Waals surface area (Å²) in [6, 6.07) is 5.85. The Morgan fingerprint density at radius 1 is 1.38 bits per heavy atom. The van der Waals surface area contributed by atoms with Crippen LogP contribution in [0, 0.1) is 0 Å². The van der Waals surface area contributed by atoms with E-state index in [1.165, 1.54) is 5.56 Å². The molecule has 0 bridgehead atoms. The minimum atomic E-state index is 0.218. The number of likely N-dealkylation sites (tertiary alicyclic amines) is 1. The van der Waals surface area contributed by atoms with Crippen LogP contribution in [0.25, 0.3) is 0 Å². The van der Waals surface area contributed by atoms with E-state index in [9.17, 15) is 4.79 Å². The highest BCUT2D eigenvalue weighted by atomic mass is 79.9. The van der Waals surface area contributed by atoms with E-state index in [-0.39, 0.29) is 5.91 Å². The van der Waals surface area contributed by atoms with Crippen LogP contribution in [-0.4, -0.2) is 33.7 Å². The molecule has 1 saturated heterocycles. The summed E-state index contributed by atoms with van der Waals surface area (Å²) in [5.41, 5.74) is 2.30. The second-order valence-corrected chi connectivity index (χ2v) is 7.55. The smallest absolute Gasteiger partial charge is 0.222 e. The molecule has 0 N–H and O–H groups in total. The van der Waals surface area contributed by atoms with Crippen molar-refractivity contribution in [2.45, 2.75) is 31.6 Å². The van der Waals surface area contributed by atoms with Gasteiger partial charge in [0.05, 0.1) is 11.2 Å². The molecule has 3 rings (SSSR count). The number of hydrogen-bond acceptors (Lipinski definition) is 2. The standard InChI is InChI=1S/C18H21BrClN3O/c1-22-12-15(11-21-22)13-7-9-23(10-8-13)17(24)6-5-14-3-2-4-16(19)18(14)20/h2-4,11-13H,5-10H2,1H3. The lowest BCUT2D eigenvalue weighted by Crippen LogP contribution is -2.38. The molecule has 6 heteroatoms. The van der Waals surface area contributed by atoms with Crippen LogP contribution in [0.5, 0.6) is 0 Å². The summed E-state index contributed by atoms with van der Waals surface area (Å²) in [6.07, 6.45) is 7.23. The first-order chi connectivity index (χ1) is 11.5. The monoisotopic (exact) mass is 409 g/mol. The molecule has 4 nitrogen and oxygen atoms in total. The molecule has 0 unspecified atom stereocenters. The van der Waals surface area contributed by atoms with Crippen LogP contribution >= 0.6 is 27.5 Å². The van der Waals surface area contributed by atoms with Crippen molar-refractivity contribution in [1.82, 2.24) is 14.7 Å². The Morgan fingerprint density at radius 2 is 2.12 bits per heavy atom. The van der Waals surface area contributed by atoms with Gasteiger partial charge in [0.1, 0.15) is 0 Å². The van der Waals surface area contributed by atoms with E-state index in [4.69, 9.17) is 11.6 Å². The number of hydrogen-bond donors (Lipinski definition) is 0. The van der Waals surface area contributed by atoms with Crippen molar-refractivity contribution in [3.63, 3.8) is 0 Å². The quantitative estimate of drug-likeness (QED) is 0.758. The van der Waals surface area contributed by atoms with E-state index in [1.807, 2.05) is 41.0 Å². The van der Waals surface area contributed by atoms with Gasteiger partial charge in [-0.3, -0.25) is 9.48 Å². The number of rotatable bonds is 4. The molecule has 0 radical (unpaired) electrons. The Morgan fingerprint density at radius 3 is 2.79 bits per heavy atom. The van der Waals surface area contributed by atoms with Crippen molar-refractivity contribution in [3.05, 3.63) is 51.2 Å². The highest BCUT2D eigenvalue weighted by molar-refractivity contribution is 9.10. The fraction of sp³-hybridized carbons (Fsp3) is 0.444. The molecular weight excluding hydrogens is 390 g/mol. The fourth-order valence-electron chi connectivity index (χ4n) is 3.25. The van der Waals surface area contributed by atoms with Gasteiger partial charge in [0.15, 0.2) is 0 Å². The normalized spacial score (nSPS) is 15.7. The summed E-state index contributed by atoms with van der Waals surface area (Å²) in [6.45, 7) is 1.65. The third-order valence-corrected chi connectivity index (χ3v) is 6.02. The van der Waals surface area contributed by atoms with Crippen LogP contribution in [0.1, 0.15) is 36.3 Å². The van der Waals surface area contributed by atoms with Gasteiger partial charge < -0.3 is 4.90 Å². The number of piperidine rings is 1. The van der Waals surface area contributed by atoms with Gasteiger partial charge in [-0.2, -0.15) is 5.10 Å². The van der Waals surface area contributed by atoms with Gasteiger partial charge in [-0.25, -0.2) is 0 Å². The number of aromatic nitrogens is 2. The van der Waals surface area contributed by atoms with Crippen molar-refractivity contribution < 1.29 is 4.79 Å². The Bertz CT molecular complexity index is 723. The van der Waals surface area contributed by atoms with Gasteiger partial charge in [-0.15, -0.1) is 0 Å². The number of aryl methyl sites for hydroxylation is 2. The Balaban J connectivity index is 1.51. The minimum absolute atomic E-state index is 0.218. The zero-order chi connectivity index (χ0) is 17.1. The van der Waals surface area contributed by atoms with E-state index < -0.39 is 0 Å². The molecule has 0 atom stereocenters. The second-order valence-electron chi connectivity index (χ2n) is 6.32. The first-order valence-corrected chi connectivity index (χ1v) is 9.41. The van der Waals surface area contributed by atoms with Gasteiger partial charge in [0, 0.05) is 37.2 Å². The number of carbonyl (C=O) groups is 1. The van der Waals surface area contributed by atoms with E-state index in [2.05, 4.69) is 27.2 Å². The maximum Gasteiger partial charge on any atom is 0.222 e. The summed E-state index contributed by atoms with van der Waals surface area (Å²) in [4.78, 5) is 14.5. The molecule has 1 amide bonds. The van der Waals surface area contributed by atoms with E-state index in [1.54, 1.807) is 0 Å². The maximum atomic E-state index is 12.5. The number of nitrogens with zero attached hydrogens (tertiary/aromatic N) is 3. The maximum absolute atomic E-state index is 12.5. The first-order valence-electron chi connectivity index (χ1n) is 8.24. The van der Waals surface area contributed by atoms with Gasteiger partial charge in [0.25, 0.3) is 0 Å². The summed E-state index contributed by atoms with van der Waals surface area (Å²) < 4.78 is 2.72. The predicted octanol–water partition coefficient (Wildman–Crippen LogP) is 4.17. The molecule has 1 aromatic heterocycles. The Labute approximate surface area is 155 Å². The van der Waals surface area contributed by atoms with Crippen LogP contribution in [-0.2, 0) is 18.3 Å². The highest BCUT2D eigenvalue weighted by Gasteiger charge is 2.24. The van der Waals surface area contributed by atoms with E-state index in [0.29, 0.717) is 23.8 Å². The van der Waals surface area contributed by atoms with Crippen LogP contribution < -0.4 is 0 Å². The molecule has 1 fully saturated rings. The molecule has 2 aromatic rings. The molecule has 24 heavy (non-hydrogen) atoms. The van der Waals surface area contributed by atoms with Crippen molar-refractivity contribution in [3.8, 4) is 0 Å². The van der Waals surface area contributed by atoms with Gasteiger partial charge in [0.2, 0.25) is 5.91 Å². The average molecular weight is 411 g/mol. The van der Waals surface area contributed by atoms with Crippen LogP contribution in [0.15, 0.2) is 35.1 Å². The van der Waals surface area contributed by atoms with Crippen molar-refractivity contribution in [1.29, 1.82) is 0 Å². The minimum Gasteiger partial charge on any atom is -0.343 e. The number of benzene rings is 1. The van der Waals surface area contributed by atoms with Crippen LogP contribution in [0.2, 0.25) is 5.02 Å². The van der Waals surface area contributed by atoms with Crippen molar-refractivity contribution in [2.75, 3.05) is 13.1 Å². The molecule has 1 aromatic carbocycles. The lowest BCUT2D eigenvalue weighted by atomic mass is 9.91. The summed E-state index contributed by atoms with van der Waals surface area (Å²) in [7, 11) is 1.94. The molecule has 0 spiro atoms. The average Bonchev–Trinajstić information content (AvgIpc) is 3.02. The number of halogens is 2. The number of amides is 1. The largest absolute Gasteiger partial charge is 0.343 e. The Kier molecular flexibility index (Phi) is 5.61. The Hall–Kier alpha value is -1.33. The fourth-order valence-corrected chi connectivity index (χ4v) is 3.88. The SMILES string of the molecule is Cn1cc(C2CCN(C(=O)CCc3cccc(Br)c3Cl)CC2)cn1. The molecule has 128 valence electrons. The zero-order valence-corrected chi connectivity index (χ0v) is 16.1. The van der Waals surface area contributed by atoms with Gasteiger partial charge >= 0.3 is 0 Å². The molecule has 1 aliphatic rings. The topological polar surface area (TPSA) is 38.1 Å². The predicted molar refractivity (Wildman–Crippen MR) is 99.2 cm³/mol. The first kappa shape index (κ1) is 17.5. The third kappa shape index (κ3) is 4.01. The van der Waals surface area contributed by atoms with E-state index >= 15 is 0 Å². The summed E-state index contributed by atoms with van der Waals surface area (Å²) in [5, 5.41) is 4.95.